The molecule has 1 aromatic heterocycles. The highest BCUT2D eigenvalue weighted by molar-refractivity contribution is 7.17. The Bertz CT molecular complexity index is 828. The highest BCUT2D eigenvalue weighted by atomic mass is 32.1. The highest BCUT2D eigenvalue weighted by Crippen LogP contribution is 2.28. The summed E-state index contributed by atoms with van der Waals surface area (Å²) in [5, 5.41) is 3.14. The number of hydrogen-bond donors (Lipinski definition) is 1. The Labute approximate surface area is 176 Å². The lowest BCUT2D eigenvalue weighted by atomic mass is 9.82. The summed E-state index contributed by atoms with van der Waals surface area (Å²) < 4.78 is 10.7. The Kier molecular flexibility index (Phi) is 8.20. The normalized spacial score (nSPS) is 11.2. The SMILES string of the molecule is CCOC(=O)c1sc(NC(=O)CCCOc2ccc(C(C)(C)CC)cc2)nc1C. The van der Waals surface area contributed by atoms with E-state index in [0.717, 1.165) is 23.5 Å². The lowest BCUT2D eigenvalue weighted by Gasteiger charge is -2.23. The molecule has 1 amide bonds. The summed E-state index contributed by atoms with van der Waals surface area (Å²) in [7, 11) is 0. The van der Waals surface area contributed by atoms with Crippen molar-refractivity contribution < 1.29 is 19.1 Å². The van der Waals surface area contributed by atoms with Crippen molar-refractivity contribution in [2.45, 2.75) is 59.3 Å². The van der Waals surface area contributed by atoms with Gasteiger partial charge in [-0.25, -0.2) is 9.78 Å². The number of aromatic nitrogens is 1. The Morgan fingerprint density at radius 3 is 2.48 bits per heavy atom. The van der Waals surface area contributed by atoms with Gasteiger partial charge in [0.1, 0.15) is 10.6 Å². The summed E-state index contributed by atoms with van der Waals surface area (Å²) in [6.07, 6.45) is 1.97. The first-order valence-electron chi connectivity index (χ1n) is 9.94. The van der Waals surface area contributed by atoms with E-state index < -0.39 is 5.97 Å². The third kappa shape index (κ3) is 6.56. The van der Waals surface area contributed by atoms with Crippen LogP contribution >= 0.6 is 11.3 Å². The van der Waals surface area contributed by atoms with Gasteiger partial charge in [-0.1, -0.05) is 44.2 Å². The smallest absolute Gasteiger partial charge is 0.350 e. The van der Waals surface area contributed by atoms with E-state index in [1.807, 2.05) is 12.1 Å². The fraction of sp³-hybridized carbons (Fsp3) is 0.500. The molecule has 0 aliphatic carbocycles. The number of carbonyl (C=O) groups is 2. The third-order valence-electron chi connectivity index (χ3n) is 4.84. The number of carbonyl (C=O) groups excluding carboxylic acids is 2. The van der Waals surface area contributed by atoms with E-state index >= 15 is 0 Å². The zero-order chi connectivity index (χ0) is 21.4. The minimum Gasteiger partial charge on any atom is -0.494 e. The second kappa shape index (κ2) is 10.4. The summed E-state index contributed by atoms with van der Waals surface area (Å²) >= 11 is 1.13. The number of nitrogens with zero attached hydrogens (tertiary/aromatic N) is 1. The molecule has 0 saturated heterocycles. The minimum atomic E-state index is -0.412. The average Bonchev–Trinajstić information content (AvgIpc) is 3.06. The Morgan fingerprint density at radius 1 is 1.17 bits per heavy atom. The first-order chi connectivity index (χ1) is 13.8. The maximum Gasteiger partial charge on any atom is 0.350 e. The van der Waals surface area contributed by atoms with Crippen LogP contribution < -0.4 is 10.1 Å². The summed E-state index contributed by atoms with van der Waals surface area (Å²) in [5.74, 6) is 0.234. The first kappa shape index (κ1) is 22.9. The molecular weight excluding hydrogens is 388 g/mol. The van der Waals surface area contributed by atoms with Gasteiger partial charge in [0, 0.05) is 6.42 Å². The van der Waals surface area contributed by atoms with Crippen molar-refractivity contribution in [2.24, 2.45) is 0 Å². The van der Waals surface area contributed by atoms with Gasteiger partial charge in [0.25, 0.3) is 0 Å². The predicted octanol–water partition coefficient (Wildman–Crippen LogP) is 5.11. The molecule has 29 heavy (non-hydrogen) atoms. The van der Waals surface area contributed by atoms with Crippen LogP contribution in [0.1, 0.15) is 67.9 Å². The molecule has 0 atom stereocenters. The van der Waals surface area contributed by atoms with Crippen LogP contribution in [0, 0.1) is 6.92 Å². The van der Waals surface area contributed by atoms with Gasteiger partial charge in [-0.15, -0.1) is 0 Å². The van der Waals surface area contributed by atoms with Crippen molar-refractivity contribution in [1.29, 1.82) is 0 Å². The van der Waals surface area contributed by atoms with Gasteiger partial charge in [0.05, 0.1) is 18.9 Å². The van der Waals surface area contributed by atoms with E-state index in [4.69, 9.17) is 9.47 Å². The molecule has 0 radical (unpaired) electrons. The number of hydrogen-bond acceptors (Lipinski definition) is 6. The zero-order valence-corrected chi connectivity index (χ0v) is 18.6. The number of esters is 1. The van der Waals surface area contributed by atoms with E-state index in [1.165, 1.54) is 5.56 Å². The fourth-order valence-corrected chi connectivity index (χ4v) is 3.52. The van der Waals surface area contributed by atoms with Crippen molar-refractivity contribution >= 4 is 28.3 Å². The number of ether oxygens (including phenoxy) is 2. The molecule has 1 heterocycles. The molecule has 0 spiro atoms. The van der Waals surface area contributed by atoms with Crippen molar-refractivity contribution in [3.8, 4) is 5.75 Å². The van der Waals surface area contributed by atoms with Crippen LogP contribution in [-0.4, -0.2) is 30.1 Å². The molecule has 0 saturated carbocycles. The van der Waals surface area contributed by atoms with Crippen molar-refractivity contribution in [2.75, 3.05) is 18.5 Å². The van der Waals surface area contributed by atoms with Crippen LogP contribution in [0.4, 0.5) is 5.13 Å². The standard InChI is InChI=1S/C22H30N2O4S/c1-6-22(4,5)16-10-12-17(13-11-16)28-14-8-9-18(25)24-21-23-15(3)19(29-21)20(26)27-7-2/h10-13H,6-9,14H2,1-5H3,(H,23,24,25). The molecule has 0 aliphatic rings. The monoisotopic (exact) mass is 418 g/mol. The van der Waals surface area contributed by atoms with Gasteiger partial charge in [0.2, 0.25) is 5.91 Å². The van der Waals surface area contributed by atoms with E-state index in [2.05, 4.69) is 43.2 Å². The molecule has 0 aliphatic heterocycles. The van der Waals surface area contributed by atoms with Gasteiger partial charge < -0.3 is 14.8 Å². The van der Waals surface area contributed by atoms with Crippen molar-refractivity contribution in [3.05, 3.63) is 40.4 Å². The van der Waals surface area contributed by atoms with Crippen LogP contribution in [0.2, 0.25) is 0 Å². The Morgan fingerprint density at radius 2 is 1.86 bits per heavy atom. The second-order valence-corrected chi connectivity index (χ2v) is 8.42. The second-order valence-electron chi connectivity index (χ2n) is 7.42. The lowest BCUT2D eigenvalue weighted by Crippen LogP contribution is -2.15. The number of benzene rings is 1. The maximum atomic E-state index is 12.1. The first-order valence-corrected chi connectivity index (χ1v) is 10.8. The number of rotatable bonds is 10. The van der Waals surface area contributed by atoms with Crippen LogP contribution in [0.15, 0.2) is 24.3 Å². The summed E-state index contributed by atoms with van der Waals surface area (Å²) in [5.41, 5.74) is 1.99. The van der Waals surface area contributed by atoms with Gasteiger partial charge in [-0.05, 0) is 49.8 Å². The summed E-state index contributed by atoms with van der Waals surface area (Å²) in [6.45, 7) is 10.9. The molecule has 158 valence electrons. The van der Waals surface area contributed by atoms with E-state index in [0.29, 0.717) is 41.8 Å². The van der Waals surface area contributed by atoms with Crippen LogP contribution in [0.5, 0.6) is 5.75 Å². The summed E-state index contributed by atoms with van der Waals surface area (Å²) in [6, 6.07) is 8.14. The zero-order valence-electron chi connectivity index (χ0n) is 17.8. The molecule has 1 N–H and O–H groups in total. The van der Waals surface area contributed by atoms with E-state index in [-0.39, 0.29) is 11.3 Å². The maximum absolute atomic E-state index is 12.1. The number of thiazole rings is 1. The summed E-state index contributed by atoms with van der Waals surface area (Å²) in [4.78, 5) is 28.6. The highest BCUT2D eigenvalue weighted by Gasteiger charge is 2.18. The number of nitrogens with one attached hydrogen (secondary N) is 1. The average molecular weight is 419 g/mol. The van der Waals surface area contributed by atoms with Crippen molar-refractivity contribution in [3.63, 3.8) is 0 Å². The van der Waals surface area contributed by atoms with Gasteiger partial charge in [-0.2, -0.15) is 0 Å². The molecule has 0 unspecified atom stereocenters. The fourth-order valence-electron chi connectivity index (χ4n) is 2.65. The molecule has 2 rings (SSSR count). The quantitative estimate of drug-likeness (QED) is 0.428. The molecule has 6 nitrogen and oxygen atoms in total. The van der Waals surface area contributed by atoms with Gasteiger partial charge >= 0.3 is 5.97 Å². The molecule has 1 aromatic carbocycles. The largest absolute Gasteiger partial charge is 0.494 e. The minimum absolute atomic E-state index is 0.151. The molecule has 2 aromatic rings. The third-order valence-corrected chi connectivity index (χ3v) is 5.89. The number of amides is 1. The predicted molar refractivity (Wildman–Crippen MR) is 116 cm³/mol. The van der Waals surface area contributed by atoms with Gasteiger partial charge in [-0.3, -0.25) is 4.79 Å². The van der Waals surface area contributed by atoms with Crippen molar-refractivity contribution in [1.82, 2.24) is 4.98 Å². The molecule has 0 fully saturated rings. The Hall–Kier alpha value is -2.41. The van der Waals surface area contributed by atoms with Crippen LogP contribution in [-0.2, 0) is 14.9 Å². The number of anilines is 1. The topological polar surface area (TPSA) is 77.5 Å². The number of aryl methyl sites for hydroxylation is 1. The van der Waals surface area contributed by atoms with Gasteiger partial charge in [0.15, 0.2) is 5.13 Å². The molecule has 0 bridgehead atoms. The Balaban J connectivity index is 1.76. The van der Waals surface area contributed by atoms with Crippen LogP contribution in [0.3, 0.4) is 0 Å². The molecule has 7 heteroatoms. The molecular formula is C22H30N2O4S. The van der Waals surface area contributed by atoms with Crippen LogP contribution in [0.25, 0.3) is 0 Å². The lowest BCUT2D eigenvalue weighted by molar-refractivity contribution is -0.116. The van der Waals surface area contributed by atoms with E-state index in [9.17, 15) is 9.59 Å². The van der Waals surface area contributed by atoms with E-state index in [1.54, 1.807) is 13.8 Å².